The Kier molecular flexibility index (Phi) is 5.89. The summed E-state index contributed by atoms with van der Waals surface area (Å²) in [7, 11) is 0. The van der Waals surface area contributed by atoms with Gasteiger partial charge in [-0.05, 0) is 48.6 Å². The van der Waals surface area contributed by atoms with Gasteiger partial charge in [-0.2, -0.15) is 0 Å². The molecule has 1 aliphatic rings. The standard InChI is InChI=1S/C16H12Cl3N3S2/c17-10-2-1-3-12(8-10)20-15(23)22-6-7-24-16(22)21-14-5-4-11(18)9-13(14)19/h1-5,8-9H,6-7H2,(H,20,23)/b21-16+. The lowest BCUT2D eigenvalue weighted by atomic mass is 10.3. The maximum atomic E-state index is 6.20. The van der Waals surface area contributed by atoms with Gasteiger partial charge in [-0.1, -0.05) is 52.6 Å². The fraction of sp³-hybridized carbons (Fsp3) is 0.125. The van der Waals surface area contributed by atoms with Crippen LogP contribution in [0.2, 0.25) is 15.1 Å². The fourth-order valence-electron chi connectivity index (χ4n) is 2.11. The Morgan fingerprint density at radius 2 is 1.92 bits per heavy atom. The third kappa shape index (κ3) is 4.35. The molecule has 24 heavy (non-hydrogen) atoms. The van der Waals surface area contributed by atoms with Crippen molar-refractivity contribution in [2.24, 2.45) is 4.99 Å². The Hall–Kier alpha value is -0.980. The number of halogens is 3. The number of nitrogens with one attached hydrogen (secondary N) is 1. The van der Waals surface area contributed by atoms with Gasteiger partial charge < -0.3 is 5.32 Å². The van der Waals surface area contributed by atoms with Crippen LogP contribution in [-0.2, 0) is 0 Å². The second kappa shape index (κ2) is 7.93. The van der Waals surface area contributed by atoms with Crippen LogP contribution in [0.3, 0.4) is 0 Å². The van der Waals surface area contributed by atoms with Gasteiger partial charge in [0, 0.05) is 28.0 Å². The van der Waals surface area contributed by atoms with Crippen molar-refractivity contribution in [3.63, 3.8) is 0 Å². The van der Waals surface area contributed by atoms with Crippen molar-refractivity contribution in [1.29, 1.82) is 0 Å². The van der Waals surface area contributed by atoms with Crippen molar-refractivity contribution in [2.75, 3.05) is 17.6 Å². The van der Waals surface area contributed by atoms with Crippen molar-refractivity contribution in [3.05, 3.63) is 57.5 Å². The molecular formula is C16H12Cl3N3S2. The topological polar surface area (TPSA) is 27.6 Å². The molecule has 3 rings (SSSR count). The number of benzene rings is 2. The first-order valence-electron chi connectivity index (χ1n) is 7.03. The molecule has 1 N–H and O–H groups in total. The van der Waals surface area contributed by atoms with Gasteiger partial charge in [-0.3, -0.25) is 4.90 Å². The summed E-state index contributed by atoms with van der Waals surface area (Å²) in [5, 5.41) is 6.31. The monoisotopic (exact) mass is 415 g/mol. The summed E-state index contributed by atoms with van der Waals surface area (Å²) in [5.74, 6) is 0.904. The fourth-order valence-corrected chi connectivity index (χ4v) is 4.07. The summed E-state index contributed by atoms with van der Waals surface area (Å²) in [5.41, 5.74) is 1.51. The molecule has 0 spiro atoms. The first kappa shape index (κ1) is 17.8. The van der Waals surface area contributed by atoms with E-state index in [4.69, 9.17) is 47.0 Å². The summed E-state index contributed by atoms with van der Waals surface area (Å²) >= 11 is 25.3. The van der Waals surface area contributed by atoms with Crippen molar-refractivity contribution < 1.29 is 0 Å². The minimum Gasteiger partial charge on any atom is -0.332 e. The van der Waals surface area contributed by atoms with Crippen molar-refractivity contribution in [1.82, 2.24) is 4.90 Å². The van der Waals surface area contributed by atoms with Gasteiger partial charge >= 0.3 is 0 Å². The van der Waals surface area contributed by atoms with Crippen LogP contribution in [-0.4, -0.2) is 27.5 Å². The normalized spacial score (nSPS) is 15.8. The average molecular weight is 417 g/mol. The van der Waals surface area contributed by atoms with E-state index in [2.05, 4.69) is 10.3 Å². The van der Waals surface area contributed by atoms with Crippen LogP contribution in [0, 0.1) is 0 Å². The Bertz CT molecular complexity index is 811. The van der Waals surface area contributed by atoms with Gasteiger partial charge in [0.05, 0.1) is 10.7 Å². The Balaban J connectivity index is 1.79. The minimum absolute atomic E-state index is 0.510. The van der Waals surface area contributed by atoms with Crippen molar-refractivity contribution in [2.45, 2.75) is 0 Å². The second-order valence-corrected chi connectivity index (χ2v) is 7.66. The molecular weight excluding hydrogens is 405 g/mol. The van der Waals surface area contributed by atoms with Crippen LogP contribution in [0.25, 0.3) is 0 Å². The predicted octanol–water partition coefficient (Wildman–Crippen LogP) is 6.08. The van der Waals surface area contributed by atoms with Gasteiger partial charge in [0.25, 0.3) is 0 Å². The number of anilines is 1. The van der Waals surface area contributed by atoms with Crippen LogP contribution in [0.5, 0.6) is 0 Å². The molecule has 0 bridgehead atoms. The molecule has 1 saturated heterocycles. The molecule has 0 unspecified atom stereocenters. The zero-order valence-corrected chi connectivity index (χ0v) is 16.2. The lowest BCUT2D eigenvalue weighted by molar-refractivity contribution is 0.687. The van der Waals surface area contributed by atoms with E-state index in [0.29, 0.717) is 25.9 Å². The van der Waals surface area contributed by atoms with Crippen molar-refractivity contribution in [3.8, 4) is 0 Å². The molecule has 124 valence electrons. The first-order valence-corrected chi connectivity index (χ1v) is 9.56. The van der Waals surface area contributed by atoms with E-state index < -0.39 is 0 Å². The van der Waals surface area contributed by atoms with Crippen LogP contribution < -0.4 is 5.32 Å². The molecule has 2 aromatic carbocycles. The SMILES string of the molecule is S=C(Nc1cccc(Cl)c1)N1CCS/C1=N/c1ccc(Cl)cc1Cl. The lowest BCUT2D eigenvalue weighted by Crippen LogP contribution is -2.35. The number of amidine groups is 1. The highest BCUT2D eigenvalue weighted by atomic mass is 35.5. The molecule has 1 aliphatic heterocycles. The largest absolute Gasteiger partial charge is 0.332 e. The smallest absolute Gasteiger partial charge is 0.179 e. The highest BCUT2D eigenvalue weighted by molar-refractivity contribution is 8.14. The quantitative estimate of drug-likeness (QED) is 0.600. The highest BCUT2D eigenvalue weighted by Crippen LogP contribution is 2.31. The number of nitrogens with zero attached hydrogens (tertiary/aromatic N) is 2. The summed E-state index contributed by atoms with van der Waals surface area (Å²) in [6.07, 6.45) is 0. The molecule has 0 atom stereocenters. The Morgan fingerprint density at radius 3 is 2.67 bits per heavy atom. The maximum absolute atomic E-state index is 6.20. The summed E-state index contributed by atoms with van der Waals surface area (Å²) in [6.45, 7) is 0.779. The summed E-state index contributed by atoms with van der Waals surface area (Å²) in [6, 6.07) is 12.7. The third-order valence-corrected chi connectivity index (χ3v) is 5.28. The van der Waals surface area contributed by atoms with Gasteiger partial charge in [-0.15, -0.1) is 0 Å². The number of rotatable bonds is 2. The zero-order valence-electron chi connectivity index (χ0n) is 12.3. The summed E-state index contributed by atoms with van der Waals surface area (Å²) < 4.78 is 0. The Morgan fingerprint density at radius 1 is 1.12 bits per heavy atom. The third-order valence-electron chi connectivity index (χ3n) is 3.22. The van der Waals surface area contributed by atoms with E-state index in [-0.39, 0.29) is 0 Å². The zero-order chi connectivity index (χ0) is 17.1. The van der Waals surface area contributed by atoms with Gasteiger partial charge in [0.15, 0.2) is 10.3 Å². The molecule has 0 radical (unpaired) electrons. The van der Waals surface area contributed by atoms with Crippen LogP contribution in [0.1, 0.15) is 0 Å². The van der Waals surface area contributed by atoms with E-state index in [1.54, 1.807) is 30.0 Å². The van der Waals surface area contributed by atoms with E-state index in [0.717, 1.165) is 23.2 Å². The summed E-state index contributed by atoms with van der Waals surface area (Å²) in [4.78, 5) is 6.57. The number of hydrogen-bond acceptors (Lipinski definition) is 3. The molecule has 2 aromatic rings. The second-order valence-electron chi connectivity index (χ2n) is 4.93. The van der Waals surface area contributed by atoms with E-state index in [1.807, 2.05) is 29.2 Å². The molecule has 0 amide bonds. The minimum atomic E-state index is 0.510. The van der Waals surface area contributed by atoms with Gasteiger partial charge in [0.1, 0.15) is 0 Å². The van der Waals surface area contributed by atoms with E-state index in [1.165, 1.54) is 0 Å². The molecule has 8 heteroatoms. The number of thiocarbonyl (C=S) groups is 1. The highest BCUT2D eigenvalue weighted by Gasteiger charge is 2.23. The molecule has 0 aliphatic carbocycles. The van der Waals surface area contributed by atoms with Gasteiger partial charge in [0.2, 0.25) is 0 Å². The average Bonchev–Trinajstić information content (AvgIpc) is 2.98. The van der Waals surface area contributed by atoms with Crippen molar-refractivity contribution >= 4 is 80.4 Å². The van der Waals surface area contributed by atoms with Crippen LogP contribution in [0.15, 0.2) is 47.5 Å². The lowest BCUT2D eigenvalue weighted by Gasteiger charge is -2.20. The van der Waals surface area contributed by atoms with Gasteiger partial charge in [-0.25, -0.2) is 4.99 Å². The molecule has 1 fully saturated rings. The number of hydrogen-bond donors (Lipinski definition) is 1. The number of aliphatic imine (C=N–C) groups is 1. The maximum Gasteiger partial charge on any atom is 0.179 e. The Labute approximate surface area is 165 Å². The predicted molar refractivity (Wildman–Crippen MR) is 110 cm³/mol. The molecule has 0 aromatic heterocycles. The van der Waals surface area contributed by atoms with Crippen LogP contribution in [0.4, 0.5) is 11.4 Å². The van der Waals surface area contributed by atoms with E-state index in [9.17, 15) is 0 Å². The first-order chi connectivity index (χ1) is 11.5. The molecule has 3 nitrogen and oxygen atoms in total. The number of thioether (sulfide) groups is 1. The molecule has 1 heterocycles. The molecule has 0 saturated carbocycles. The van der Waals surface area contributed by atoms with Crippen LogP contribution >= 0.6 is 58.8 Å². The van der Waals surface area contributed by atoms with E-state index >= 15 is 0 Å².